The maximum atomic E-state index is 12.0. The molecule has 0 radical (unpaired) electrons. The molecule has 0 aliphatic carbocycles. The molecule has 0 amide bonds. The lowest BCUT2D eigenvalue weighted by atomic mass is 10.1. The highest BCUT2D eigenvalue weighted by atomic mass is 79.9. The van der Waals surface area contributed by atoms with E-state index in [9.17, 15) is 19.2 Å². The number of benzene rings is 7. The summed E-state index contributed by atoms with van der Waals surface area (Å²) in [5.41, 5.74) is 7.54. The number of hydrogen-bond donors (Lipinski definition) is 0. The Balaban J connectivity index is 1.06. The fraction of sp³-hybridized carbons (Fsp3) is 0.193. The number of halogens is 1. The van der Waals surface area contributed by atoms with E-state index in [2.05, 4.69) is 15.9 Å². The van der Waals surface area contributed by atoms with Gasteiger partial charge in [0.2, 0.25) is 0 Å². The lowest BCUT2D eigenvalue weighted by molar-refractivity contribution is 0.0592. The van der Waals surface area contributed by atoms with Gasteiger partial charge in [0.05, 0.1) is 50.7 Å². The molecular weight excluding hydrogens is 989 g/mol. The zero-order valence-electron chi connectivity index (χ0n) is 40.0. The second-order valence-electron chi connectivity index (χ2n) is 16.1. The highest BCUT2D eigenvalue weighted by Crippen LogP contribution is 2.31. The van der Waals surface area contributed by atoms with Gasteiger partial charge in [-0.25, -0.2) is 19.2 Å². The highest BCUT2D eigenvalue weighted by molar-refractivity contribution is 9.08. The fourth-order valence-electron chi connectivity index (χ4n) is 7.06. The van der Waals surface area contributed by atoms with Gasteiger partial charge in [-0.05, 0) is 124 Å². The Labute approximate surface area is 425 Å². The second kappa shape index (κ2) is 25.5. The highest BCUT2D eigenvalue weighted by Gasteiger charge is 2.13. The number of esters is 4. The number of rotatable bonds is 23. The van der Waals surface area contributed by atoms with Crippen LogP contribution in [-0.2, 0) is 63.9 Å². The first-order valence-corrected chi connectivity index (χ1v) is 23.6. The fourth-order valence-corrected chi connectivity index (χ4v) is 7.38. The molecule has 0 heterocycles. The average molecular weight is 1040 g/mol. The zero-order chi connectivity index (χ0) is 50.8. The molecule has 0 aromatic heterocycles. The summed E-state index contributed by atoms with van der Waals surface area (Å²) in [4.78, 5) is 47.9. The Morgan fingerprint density at radius 2 is 0.486 bits per heavy atom. The van der Waals surface area contributed by atoms with Crippen LogP contribution in [0.5, 0.6) is 34.5 Å². The summed E-state index contributed by atoms with van der Waals surface area (Å²) in [6, 6.07) is 44.6. The van der Waals surface area contributed by atoms with Crippen LogP contribution in [-0.4, -0.2) is 52.3 Å². The quantitative estimate of drug-likeness (QED) is 0.0338. The summed E-state index contributed by atoms with van der Waals surface area (Å²) in [6.07, 6.45) is 0. The zero-order valence-corrected chi connectivity index (χ0v) is 41.6. The van der Waals surface area contributed by atoms with Crippen LogP contribution in [0.1, 0.15) is 80.4 Å². The number of hydrogen-bond acceptors (Lipinski definition) is 14. The Morgan fingerprint density at radius 3 is 0.681 bits per heavy atom. The van der Waals surface area contributed by atoms with Gasteiger partial charge in [-0.2, -0.15) is 0 Å². The Morgan fingerprint density at radius 1 is 0.292 bits per heavy atom. The van der Waals surface area contributed by atoms with Crippen molar-refractivity contribution in [3.8, 4) is 34.5 Å². The summed E-state index contributed by atoms with van der Waals surface area (Å²) in [5.74, 6) is 1.55. The first-order chi connectivity index (χ1) is 35.0. The van der Waals surface area contributed by atoms with E-state index in [-0.39, 0.29) is 39.6 Å². The van der Waals surface area contributed by atoms with Crippen molar-refractivity contribution in [3.63, 3.8) is 0 Å². The molecule has 7 aromatic rings. The molecule has 0 fully saturated rings. The SMILES string of the molecule is COC(=O)c1ccc(COc2cc(COc3cc(CBr)cc(OCc4cc(OCc5ccc(C(=O)OC)cc5)cc(OCc5ccc(C(=O)OC)cc5)c4)c3)cc(OCc3ccc(C(=O)OC)cc3)c2)cc1. The Hall–Kier alpha value is -8.30. The lowest BCUT2D eigenvalue weighted by Crippen LogP contribution is -2.04. The molecule has 0 N–H and O–H groups in total. The molecule has 0 aliphatic rings. The van der Waals surface area contributed by atoms with Gasteiger partial charge in [-0.15, -0.1) is 0 Å². The third-order valence-electron chi connectivity index (χ3n) is 10.9. The van der Waals surface area contributed by atoms with Crippen LogP contribution in [0.3, 0.4) is 0 Å². The van der Waals surface area contributed by atoms with Crippen LogP contribution in [0.15, 0.2) is 152 Å². The molecule has 0 saturated carbocycles. The Kier molecular flexibility index (Phi) is 18.3. The van der Waals surface area contributed by atoms with Crippen molar-refractivity contribution in [2.24, 2.45) is 0 Å². The van der Waals surface area contributed by atoms with Crippen LogP contribution < -0.4 is 28.4 Å². The van der Waals surface area contributed by atoms with Gasteiger partial charge in [-0.3, -0.25) is 0 Å². The van der Waals surface area contributed by atoms with Crippen molar-refractivity contribution in [2.75, 3.05) is 28.4 Å². The maximum Gasteiger partial charge on any atom is 0.337 e. The van der Waals surface area contributed by atoms with E-state index >= 15 is 0 Å². The first-order valence-electron chi connectivity index (χ1n) is 22.4. The van der Waals surface area contributed by atoms with Crippen LogP contribution in [0.2, 0.25) is 0 Å². The maximum absolute atomic E-state index is 12.0. The van der Waals surface area contributed by atoms with E-state index in [1.54, 1.807) is 109 Å². The topological polar surface area (TPSA) is 161 Å². The van der Waals surface area contributed by atoms with Gasteiger partial charge in [-0.1, -0.05) is 64.5 Å². The van der Waals surface area contributed by atoms with E-state index in [4.69, 9.17) is 47.4 Å². The van der Waals surface area contributed by atoms with E-state index < -0.39 is 23.9 Å². The van der Waals surface area contributed by atoms with Gasteiger partial charge in [0.1, 0.15) is 74.1 Å². The number of carbonyl (C=O) groups excluding carboxylic acids is 4. The molecule has 0 bridgehead atoms. The minimum Gasteiger partial charge on any atom is -0.489 e. The van der Waals surface area contributed by atoms with Crippen molar-refractivity contribution in [1.82, 2.24) is 0 Å². The third-order valence-corrected chi connectivity index (χ3v) is 11.6. The number of carbonyl (C=O) groups is 4. The molecule has 0 atom stereocenters. The molecule has 7 rings (SSSR count). The minimum atomic E-state index is -0.424. The number of ether oxygens (including phenoxy) is 10. The average Bonchev–Trinajstić information content (AvgIpc) is 3.43. The van der Waals surface area contributed by atoms with Crippen molar-refractivity contribution in [1.29, 1.82) is 0 Å². The molecule has 0 unspecified atom stereocenters. The molecule has 15 heteroatoms. The van der Waals surface area contributed by atoms with E-state index in [0.717, 1.165) is 38.9 Å². The van der Waals surface area contributed by atoms with Gasteiger partial charge in [0, 0.05) is 23.5 Å². The van der Waals surface area contributed by atoms with E-state index in [0.29, 0.717) is 62.1 Å². The third kappa shape index (κ3) is 14.9. The van der Waals surface area contributed by atoms with E-state index in [1.165, 1.54) is 28.4 Å². The summed E-state index contributed by atoms with van der Waals surface area (Å²) >= 11 is 3.59. The van der Waals surface area contributed by atoms with Crippen molar-refractivity contribution >= 4 is 39.8 Å². The molecule has 14 nitrogen and oxygen atoms in total. The van der Waals surface area contributed by atoms with Gasteiger partial charge in [0.25, 0.3) is 0 Å². The Bertz CT molecular complexity index is 2590. The largest absolute Gasteiger partial charge is 0.489 e. The predicted molar refractivity (Wildman–Crippen MR) is 269 cm³/mol. The number of methoxy groups -OCH3 is 4. The first kappa shape index (κ1) is 51.5. The summed E-state index contributed by atoms with van der Waals surface area (Å²) in [6.45, 7) is 1.17. The molecule has 7 aromatic carbocycles. The van der Waals surface area contributed by atoms with Crippen LogP contribution >= 0.6 is 15.9 Å². The number of alkyl halides is 1. The molecule has 0 spiro atoms. The minimum absolute atomic E-state index is 0.150. The molecule has 72 heavy (non-hydrogen) atoms. The molecule has 370 valence electrons. The standard InChI is InChI=1S/C57H51BrO14/c1-63-54(59)44-13-5-37(6-14-44)31-67-50-23-42(24-51(28-50)68-32-38-7-15-45(16-8-38)55(60)64-2)35-71-48-21-41(30-58)22-49(27-48)72-36-43-25-52(69-33-39-9-17-46(18-10-39)56(61)65-3)29-53(26-43)70-34-40-11-19-47(20-12-40)57(62)66-4/h5-29H,30-36H2,1-4H3. The summed E-state index contributed by atoms with van der Waals surface area (Å²) in [5, 5.41) is 0.533. The van der Waals surface area contributed by atoms with Crippen LogP contribution in [0, 0.1) is 0 Å². The van der Waals surface area contributed by atoms with Crippen molar-refractivity contribution < 1.29 is 66.5 Å². The smallest absolute Gasteiger partial charge is 0.337 e. The second-order valence-corrected chi connectivity index (χ2v) is 16.6. The van der Waals surface area contributed by atoms with Crippen molar-refractivity contribution in [2.45, 2.75) is 45.0 Å². The lowest BCUT2D eigenvalue weighted by Gasteiger charge is -2.16. The molecule has 0 saturated heterocycles. The summed E-state index contributed by atoms with van der Waals surface area (Å²) in [7, 11) is 5.35. The normalized spacial score (nSPS) is 10.6. The van der Waals surface area contributed by atoms with Gasteiger partial charge in [0.15, 0.2) is 0 Å². The summed E-state index contributed by atoms with van der Waals surface area (Å²) < 4.78 is 57.0. The van der Waals surface area contributed by atoms with Crippen LogP contribution in [0.4, 0.5) is 0 Å². The monoisotopic (exact) mass is 1040 g/mol. The van der Waals surface area contributed by atoms with Crippen molar-refractivity contribution in [3.05, 3.63) is 213 Å². The van der Waals surface area contributed by atoms with Crippen LogP contribution in [0.25, 0.3) is 0 Å². The van der Waals surface area contributed by atoms with Gasteiger partial charge < -0.3 is 47.4 Å². The van der Waals surface area contributed by atoms with Gasteiger partial charge >= 0.3 is 23.9 Å². The van der Waals surface area contributed by atoms with E-state index in [1.807, 2.05) is 42.5 Å². The molecular formula is C57H51BrO14. The predicted octanol–water partition coefficient (Wildman–Crippen LogP) is 11.2. The molecule has 0 aliphatic heterocycles.